The van der Waals surface area contributed by atoms with Crippen LogP contribution in [0.1, 0.15) is 22.5 Å². The number of aryl methyl sites for hydroxylation is 1. The highest BCUT2D eigenvalue weighted by Crippen LogP contribution is 2.36. The Morgan fingerprint density at radius 2 is 1.97 bits per heavy atom. The van der Waals surface area contributed by atoms with E-state index in [4.69, 9.17) is 4.42 Å². The van der Waals surface area contributed by atoms with Gasteiger partial charge in [-0.05, 0) is 54.1 Å². The largest absolute Gasteiger partial charge is 0.456 e. The minimum absolute atomic E-state index is 0.00922. The van der Waals surface area contributed by atoms with Gasteiger partial charge in [0.2, 0.25) is 0 Å². The summed E-state index contributed by atoms with van der Waals surface area (Å²) in [6.07, 6.45) is 1.44. The maximum atomic E-state index is 12.8. The molecule has 0 N–H and O–H groups in total. The first-order valence-electron chi connectivity index (χ1n) is 9.46. The molecular formula is C23H15N3O5S. The molecule has 1 aliphatic heterocycles. The quantitative estimate of drug-likeness (QED) is 0.298. The van der Waals surface area contributed by atoms with Crippen LogP contribution in [0.25, 0.3) is 17.4 Å². The summed E-state index contributed by atoms with van der Waals surface area (Å²) in [7, 11) is 0. The van der Waals surface area contributed by atoms with Crippen molar-refractivity contribution >= 4 is 34.7 Å². The molecule has 0 aliphatic carbocycles. The molecule has 158 valence electrons. The van der Waals surface area contributed by atoms with Crippen molar-refractivity contribution < 1.29 is 18.9 Å². The van der Waals surface area contributed by atoms with Gasteiger partial charge in [-0.3, -0.25) is 24.6 Å². The highest BCUT2D eigenvalue weighted by Gasteiger charge is 2.35. The van der Waals surface area contributed by atoms with Gasteiger partial charge in [0.25, 0.3) is 16.8 Å². The molecule has 1 aliphatic rings. The number of thioether (sulfide) groups is 1. The average molecular weight is 445 g/mol. The van der Waals surface area contributed by atoms with Crippen molar-refractivity contribution in [1.29, 1.82) is 5.26 Å². The van der Waals surface area contributed by atoms with Crippen LogP contribution < -0.4 is 0 Å². The van der Waals surface area contributed by atoms with E-state index in [0.29, 0.717) is 16.7 Å². The Kier molecular flexibility index (Phi) is 5.62. The Bertz CT molecular complexity index is 1340. The van der Waals surface area contributed by atoms with Crippen LogP contribution in [0.3, 0.4) is 0 Å². The Balaban J connectivity index is 1.59. The highest BCUT2D eigenvalue weighted by molar-refractivity contribution is 8.18. The number of nitriles is 1. The van der Waals surface area contributed by atoms with Crippen LogP contribution in [0.15, 0.2) is 63.9 Å². The summed E-state index contributed by atoms with van der Waals surface area (Å²) in [5, 5.41) is 20.2. The number of hydrogen-bond acceptors (Lipinski definition) is 7. The molecule has 0 radical (unpaired) electrons. The van der Waals surface area contributed by atoms with Crippen molar-refractivity contribution in [2.24, 2.45) is 0 Å². The van der Waals surface area contributed by atoms with E-state index in [2.05, 4.69) is 6.07 Å². The van der Waals surface area contributed by atoms with Crippen LogP contribution in [0.4, 0.5) is 10.5 Å². The minimum atomic E-state index is -0.494. The smallest absolute Gasteiger partial charge is 0.293 e. The van der Waals surface area contributed by atoms with Crippen molar-refractivity contribution in [3.63, 3.8) is 0 Å². The number of nitro groups is 1. The summed E-state index contributed by atoms with van der Waals surface area (Å²) < 4.78 is 5.72. The molecule has 1 aromatic heterocycles. The molecule has 0 bridgehead atoms. The first kappa shape index (κ1) is 21.1. The van der Waals surface area contributed by atoms with Crippen LogP contribution in [-0.4, -0.2) is 21.0 Å². The van der Waals surface area contributed by atoms with Crippen molar-refractivity contribution in [2.45, 2.75) is 13.5 Å². The number of hydrogen-bond donors (Lipinski definition) is 0. The van der Waals surface area contributed by atoms with Gasteiger partial charge in [-0.2, -0.15) is 5.26 Å². The fourth-order valence-electron chi connectivity index (χ4n) is 3.28. The summed E-state index contributed by atoms with van der Waals surface area (Å²) in [6, 6.07) is 16.8. The van der Waals surface area contributed by atoms with Gasteiger partial charge in [-0.25, -0.2) is 0 Å². The van der Waals surface area contributed by atoms with Gasteiger partial charge in [0, 0.05) is 12.1 Å². The van der Waals surface area contributed by atoms with E-state index in [1.807, 2.05) is 0 Å². The number of imide groups is 1. The second-order valence-electron chi connectivity index (χ2n) is 7.02. The van der Waals surface area contributed by atoms with E-state index in [1.165, 1.54) is 12.1 Å². The van der Waals surface area contributed by atoms with Gasteiger partial charge in [0.15, 0.2) is 0 Å². The Labute approximate surface area is 186 Å². The van der Waals surface area contributed by atoms with Gasteiger partial charge in [-0.1, -0.05) is 24.3 Å². The molecule has 0 atom stereocenters. The van der Waals surface area contributed by atoms with Gasteiger partial charge in [0.05, 0.1) is 33.6 Å². The van der Waals surface area contributed by atoms with Crippen LogP contribution in [-0.2, 0) is 11.3 Å². The van der Waals surface area contributed by atoms with E-state index in [9.17, 15) is 25.0 Å². The van der Waals surface area contributed by atoms with Crippen LogP contribution >= 0.6 is 11.8 Å². The minimum Gasteiger partial charge on any atom is -0.456 e. The number of carbonyl (C=O) groups is 2. The SMILES string of the molecule is Cc1ccc(-c2ccc(/C=C3/SC(=O)N(Cc4ccccc4C#N)C3=O)o2)c([N+](=O)[O-])c1. The summed E-state index contributed by atoms with van der Waals surface area (Å²) >= 11 is 0.772. The zero-order valence-electron chi connectivity index (χ0n) is 16.8. The molecular weight excluding hydrogens is 430 g/mol. The average Bonchev–Trinajstić information content (AvgIpc) is 3.34. The summed E-state index contributed by atoms with van der Waals surface area (Å²) in [5.74, 6) is 0.0786. The van der Waals surface area contributed by atoms with E-state index in [-0.39, 0.29) is 28.7 Å². The van der Waals surface area contributed by atoms with Crippen molar-refractivity contribution in [3.8, 4) is 17.4 Å². The van der Waals surface area contributed by atoms with Crippen LogP contribution in [0.5, 0.6) is 0 Å². The number of furan rings is 1. The zero-order valence-corrected chi connectivity index (χ0v) is 17.6. The lowest BCUT2D eigenvalue weighted by atomic mass is 10.1. The highest BCUT2D eigenvalue weighted by atomic mass is 32.2. The molecule has 4 rings (SSSR count). The molecule has 3 aromatic rings. The van der Waals surface area contributed by atoms with Gasteiger partial charge in [-0.15, -0.1) is 0 Å². The maximum Gasteiger partial charge on any atom is 0.293 e. The molecule has 2 amide bonds. The monoisotopic (exact) mass is 445 g/mol. The molecule has 8 nitrogen and oxygen atoms in total. The third kappa shape index (κ3) is 4.04. The lowest BCUT2D eigenvalue weighted by Crippen LogP contribution is -2.27. The van der Waals surface area contributed by atoms with E-state index < -0.39 is 16.1 Å². The number of nitrogens with zero attached hydrogens (tertiary/aromatic N) is 3. The maximum absolute atomic E-state index is 12.8. The van der Waals surface area contributed by atoms with Crippen LogP contribution in [0, 0.1) is 28.4 Å². The Morgan fingerprint density at radius 1 is 1.19 bits per heavy atom. The molecule has 1 saturated heterocycles. The van der Waals surface area contributed by atoms with Crippen molar-refractivity contribution in [1.82, 2.24) is 4.90 Å². The fourth-order valence-corrected chi connectivity index (χ4v) is 4.10. The first-order valence-corrected chi connectivity index (χ1v) is 10.3. The molecule has 1 fully saturated rings. The summed E-state index contributed by atoms with van der Waals surface area (Å²) in [5.41, 5.74) is 1.96. The van der Waals surface area contributed by atoms with Crippen molar-refractivity contribution in [2.75, 3.05) is 0 Å². The number of carbonyl (C=O) groups excluding carboxylic acids is 2. The normalized spacial score (nSPS) is 14.8. The van der Waals surface area contributed by atoms with Gasteiger partial charge in [0.1, 0.15) is 11.5 Å². The second kappa shape index (κ2) is 8.53. The molecule has 0 spiro atoms. The fraction of sp³-hybridized carbons (Fsp3) is 0.0870. The molecule has 0 unspecified atom stereocenters. The number of rotatable bonds is 5. The lowest BCUT2D eigenvalue weighted by molar-refractivity contribution is -0.384. The third-order valence-electron chi connectivity index (χ3n) is 4.86. The molecule has 2 aromatic carbocycles. The number of amides is 2. The van der Waals surface area contributed by atoms with Gasteiger partial charge < -0.3 is 4.42 Å². The number of benzene rings is 2. The second-order valence-corrected chi connectivity index (χ2v) is 8.01. The van der Waals surface area contributed by atoms with Crippen LogP contribution in [0.2, 0.25) is 0 Å². The molecule has 32 heavy (non-hydrogen) atoms. The Hall–Kier alpha value is -4.16. The summed E-state index contributed by atoms with van der Waals surface area (Å²) in [4.78, 5) is 37.3. The predicted molar refractivity (Wildman–Crippen MR) is 118 cm³/mol. The molecule has 0 saturated carbocycles. The molecule has 2 heterocycles. The summed E-state index contributed by atoms with van der Waals surface area (Å²) in [6.45, 7) is 1.75. The first-order chi connectivity index (χ1) is 15.4. The lowest BCUT2D eigenvalue weighted by Gasteiger charge is -2.13. The van der Waals surface area contributed by atoms with E-state index >= 15 is 0 Å². The predicted octanol–water partition coefficient (Wildman–Crippen LogP) is 5.27. The Morgan fingerprint density at radius 3 is 2.72 bits per heavy atom. The number of nitro benzene ring substituents is 1. The zero-order chi connectivity index (χ0) is 22.8. The topological polar surface area (TPSA) is 117 Å². The van der Waals surface area contributed by atoms with E-state index in [1.54, 1.807) is 55.5 Å². The standard InChI is InChI=1S/C23H15N3O5S/c1-14-6-8-18(19(10-14)26(29)30)20-9-7-17(31-20)11-21-22(27)25(23(28)32-21)13-16-5-3-2-4-15(16)12-24/h2-11H,13H2,1H3/b21-11+. The van der Waals surface area contributed by atoms with Crippen molar-refractivity contribution in [3.05, 3.63) is 92.1 Å². The molecule has 9 heteroatoms. The van der Waals surface area contributed by atoms with E-state index in [0.717, 1.165) is 22.2 Å². The van der Waals surface area contributed by atoms with Gasteiger partial charge >= 0.3 is 0 Å². The third-order valence-corrected chi connectivity index (χ3v) is 5.76.